The van der Waals surface area contributed by atoms with Crippen molar-refractivity contribution >= 4 is 10.8 Å². The predicted molar refractivity (Wildman–Crippen MR) is 131 cm³/mol. The Morgan fingerprint density at radius 2 is 1.54 bits per heavy atom. The number of unbranched alkanes of at least 4 members (excludes halogenated alkanes) is 2. The van der Waals surface area contributed by atoms with Gasteiger partial charge in [0.1, 0.15) is 5.82 Å². The average Bonchev–Trinajstić information content (AvgIpc) is 2.86. The van der Waals surface area contributed by atoms with Gasteiger partial charge in [0.2, 0.25) is 0 Å². The van der Waals surface area contributed by atoms with Gasteiger partial charge in [0.25, 0.3) is 0 Å². The van der Waals surface area contributed by atoms with E-state index in [1.807, 2.05) is 18.3 Å². The van der Waals surface area contributed by atoms with Gasteiger partial charge in [0.15, 0.2) is 17.5 Å². The highest BCUT2D eigenvalue weighted by Gasteiger charge is 2.13. The Labute approximate surface area is 202 Å². The van der Waals surface area contributed by atoms with Crippen molar-refractivity contribution < 1.29 is 17.6 Å². The molecule has 5 heteroatoms. The van der Waals surface area contributed by atoms with Crippen molar-refractivity contribution in [1.29, 1.82) is 0 Å². The van der Waals surface area contributed by atoms with Crippen molar-refractivity contribution in [2.75, 3.05) is 0 Å². The Morgan fingerprint density at radius 3 is 2.29 bits per heavy atom. The number of aryl methyl sites for hydroxylation is 3. The predicted octanol–water partition coefficient (Wildman–Crippen LogP) is 7.71. The Morgan fingerprint density at radius 1 is 0.714 bits per heavy atom. The Bertz CT molecular complexity index is 1400. The second kappa shape index (κ2) is 11.2. The molecule has 0 saturated heterocycles. The van der Waals surface area contributed by atoms with Gasteiger partial charge in [-0.25, -0.2) is 17.6 Å². The Kier molecular flexibility index (Phi) is 7.82. The molecule has 0 amide bonds. The molecule has 4 rings (SSSR count). The van der Waals surface area contributed by atoms with Gasteiger partial charge in [0, 0.05) is 22.8 Å². The molecular formula is C30H25F4N. The van der Waals surface area contributed by atoms with Gasteiger partial charge in [0.05, 0.1) is 5.56 Å². The molecule has 0 fully saturated rings. The molecule has 0 aliphatic rings. The van der Waals surface area contributed by atoms with E-state index >= 15 is 0 Å². The summed E-state index contributed by atoms with van der Waals surface area (Å²) in [5.74, 6) is 1.13. The smallest absolute Gasteiger partial charge is 0.195 e. The maximum atomic E-state index is 14.6. The molecule has 178 valence electrons. The summed E-state index contributed by atoms with van der Waals surface area (Å²) in [7, 11) is 0. The number of fused-ring (bicyclic) bond motifs is 1. The zero-order valence-corrected chi connectivity index (χ0v) is 19.5. The Hall–Kier alpha value is -3.65. The molecule has 1 aromatic heterocycles. The molecule has 0 N–H and O–H groups in total. The zero-order chi connectivity index (χ0) is 24.8. The number of benzene rings is 3. The molecule has 3 aromatic carbocycles. The van der Waals surface area contributed by atoms with Crippen LogP contribution in [0, 0.1) is 35.1 Å². The molecule has 0 saturated carbocycles. The van der Waals surface area contributed by atoms with E-state index in [1.54, 1.807) is 6.07 Å². The molecule has 35 heavy (non-hydrogen) atoms. The number of halogens is 4. The maximum Gasteiger partial charge on any atom is 0.195 e. The third kappa shape index (κ3) is 6.08. The van der Waals surface area contributed by atoms with Crippen molar-refractivity contribution in [3.8, 4) is 11.8 Å². The fraction of sp³-hybridized carbons (Fsp3) is 0.233. The minimum Gasteiger partial charge on any atom is -0.261 e. The number of pyridine rings is 1. The van der Waals surface area contributed by atoms with E-state index in [2.05, 4.69) is 29.8 Å². The third-order valence-corrected chi connectivity index (χ3v) is 5.97. The summed E-state index contributed by atoms with van der Waals surface area (Å²) in [6, 6.07) is 14.3. The quantitative estimate of drug-likeness (QED) is 0.115. The topological polar surface area (TPSA) is 12.9 Å². The maximum absolute atomic E-state index is 14.6. The fourth-order valence-electron chi connectivity index (χ4n) is 3.94. The van der Waals surface area contributed by atoms with Gasteiger partial charge in [-0.2, -0.15) is 0 Å². The number of nitrogens with zero attached hydrogens (tertiary/aromatic N) is 1. The fourth-order valence-corrected chi connectivity index (χ4v) is 3.94. The zero-order valence-electron chi connectivity index (χ0n) is 19.5. The first-order valence-corrected chi connectivity index (χ1v) is 11.8. The van der Waals surface area contributed by atoms with E-state index in [-0.39, 0.29) is 16.3 Å². The molecule has 1 nitrogen and oxygen atoms in total. The van der Waals surface area contributed by atoms with Crippen molar-refractivity contribution in [3.05, 3.63) is 112 Å². The summed E-state index contributed by atoms with van der Waals surface area (Å²) < 4.78 is 55.4. The van der Waals surface area contributed by atoms with Crippen LogP contribution in [0.4, 0.5) is 17.6 Å². The van der Waals surface area contributed by atoms with Crippen molar-refractivity contribution in [2.24, 2.45) is 0 Å². The van der Waals surface area contributed by atoms with Crippen molar-refractivity contribution in [3.63, 3.8) is 0 Å². The molecule has 0 atom stereocenters. The molecule has 4 aromatic rings. The summed E-state index contributed by atoms with van der Waals surface area (Å²) in [4.78, 5) is 4.53. The van der Waals surface area contributed by atoms with Crippen LogP contribution < -0.4 is 0 Å². The van der Waals surface area contributed by atoms with Gasteiger partial charge in [-0.05, 0) is 78.6 Å². The highest BCUT2D eigenvalue weighted by molar-refractivity contribution is 5.84. The number of hydrogen-bond donors (Lipinski definition) is 0. The molecule has 1 heterocycles. The van der Waals surface area contributed by atoms with Crippen LogP contribution in [-0.4, -0.2) is 4.98 Å². The van der Waals surface area contributed by atoms with Crippen molar-refractivity contribution in [1.82, 2.24) is 4.98 Å². The van der Waals surface area contributed by atoms with E-state index in [0.29, 0.717) is 18.4 Å². The highest BCUT2D eigenvalue weighted by Crippen LogP contribution is 2.24. The number of aromatic nitrogens is 1. The van der Waals surface area contributed by atoms with Gasteiger partial charge < -0.3 is 0 Å². The third-order valence-electron chi connectivity index (χ3n) is 5.97. The summed E-state index contributed by atoms with van der Waals surface area (Å²) >= 11 is 0. The first kappa shape index (κ1) is 24.5. The lowest BCUT2D eigenvalue weighted by atomic mass is 10.0. The minimum absolute atomic E-state index is 0.0365. The van der Waals surface area contributed by atoms with Crippen molar-refractivity contribution in [2.45, 2.75) is 45.4 Å². The molecule has 0 radical (unpaired) electrons. The largest absolute Gasteiger partial charge is 0.261 e. The van der Waals surface area contributed by atoms with Crippen LogP contribution in [0.2, 0.25) is 0 Å². The Balaban J connectivity index is 1.41. The lowest BCUT2D eigenvalue weighted by Crippen LogP contribution is -1.97. The van der Waals surface area contributed by atoms with E-state index in [0.717, 1.165) is 23.7 Å². The average molecular weight is 476 g/mol. The standard InChI is InChI=1S/C30H25F4N/c1-2-3-4-5-22-9-14-25(35-19-22)13-8-21-7-12-23(27(31)17-21)11-6-20-10-15-26-24(16-20)18-28(32)30(34)29(26)33/h7,9-10,12,14-19H,2-5,8,13H2,1H3. The van der Waals surface area contributed by atoms with Crippen LogP contribution >= 0.6 is 0 Å². The van der Waals surface area contributed by atoms with Gasteiger partial charge in [-0.3, -0.25) is 4.98 Å². The molecule has 0 bridgehead atoms. The van der Waals surface area contributed by atoms with Gasteiger partial charge in [-0.15, -0.1) is 0 Å². The second-order valence-corrected chi connectivity index (χ2v) is 8.60. The minimum atomic E-state index is -1.51. The normalized spacial score (nSPS) is 10.9. The van der Waals surface area contributed by atoms with Crippen LogP contribution in [0.3, 0.4) is 0 Å². The summed E-state index contributed by atoms with van der Waals surface area (Å²) in [6.45, 7) is 2.19. The molecular weight excluding hydrogens is 450 g/mol. The first-order valence-electron chi connectivity index (χ1n) is 11.8. The highest BCUT2D eigenvalue weighted by atomic mass is 19.2. The monoisotopic (exact) mass is 475 g/mol. The van der Waals surface area contributed by atoms with Crippen LogP contribution in [0.5, 0.6) is 0 Å². The van der Waals surface area contributed by atoms with Crippen LogP contribution in [0.25, 0.3) is 10.8 Å². The molecule has 0 aliphatic heterocycles. The molecule has 0 unspecified atom stereocenters. The van der Waals surface area contributed by atoms with E-state index in [4.69, 9.17) is 0 Å². The number of rotatable bonds is 7. The summed E-state index contributed by atoms with van der Waals surface area (Å²) in [6.07, 6.45) is 7.92. The molecule has 0 aliphatic carbocycles. The van der Waals surface area contributed by atoms with Crippen LogP contribution in [0.15, 0.2) is 60.8 Å². The summed E-state index contributed by atoms with van der Waals surface area (Å²) in [5, 5.41) is 0.150. The van der Waals surface area contributed by atoms with E-state index < -0.39 is 23.3 Å². The molecule has 0 spiro atoms. The lowest BCUT2D eigenvalue weighted by Gasteiger charge is -2.05. The summed E-state index contributed by atoms with van der Waals surface area (Å²) in [5.41, 5.74) is 3.72. The second-order valence-electron chi connectivity index (χ2n) is 8.60. The van der Waals surface area contributed by atoms with Gasteiger partial charge in [-0.1, -0.05) is 49.8 Å². The van der Waals surface area contributed by atoms with E-state index in [9.17, 15) is 17.6 Å². The van der Waals surface area contributed by atoms with E-state index in [1.165, 1.54) is 49.1 Å². The first-order chi connectivity index (χ1) is 16.9. The SMILES string of the molecule is CCCCCc1ccc(CCc2ccc(C#Cc3ccc4c(F)c(F)c(F)cc4c3)c(F)c2)nc1. The van der Waals surface area contributed by atoms with Gasteiger partial charge >= 0.3 is 0 Å². The van der Waals surface area contributed by atoms with Crippen LogP contribution in [0.1, 0.15) is 54.1 Å². The van der Waals surface area contributed by atoms with Crippen LogP contribution in [-0.2, 0) is 19.3 Å². The lowest BCUT2D eigenvalue weighted by molar-refractivity contribution is 0.453. The number of hydrogen-bond acceptors (Lipinski definition) is 1.